The molecular formula is C16H14F3N5O2S. The van der Waals surface area contributed by atoms with Crippen LogP contribution in [0.5, 0.6) is 0 Å². The number of fused-ring (bicyclic) bond motifs is 1. The largest absolute Gasteiger partial charge is 0.433 e. The Morgan fingerprint density at radius 3 is 2.33 bits per heavy atom. The first-order valence-corrected chi connectivity index (χ1v) is 9.53. The van der Waals surface area contributed by atoms with E-state index in [0.717, 1.165) is 12.4 Å². The van der Waals surface area contributed by atoms with Crippen LogP contribution in [0.1, 0.15) is 11.3 Å². The van der Waals surface area contributed by atoms with Crippen molar-refractivity contribution in [3.63, 3.8) is 0 Å². The maximum atomic E-state index is 12.8. The molecule has 3 heterocycles. The minimum atomic E-state index is -4.53. The molecule has 11 heteroatoms. The van der Waals surface area contributed by atoms with E-state index in [0.29, 0.717) is 37.6 Å². The van der Waals surface area contributed by atoms with Crippen molar-refractivity contribution in [1.29, 1.82) is 0 Å². The minimum absolute atomic E-state index is 0.174. The molecule has 2 aromatic rings. The number of amidine groups is 1. The Kier molecular flexibility index (Phi) is 4.06. The highest BCUT2D eigenvalue weighted by Crippen LogP contribution is 2.30. The van der Waals surface area contributed by atoms with Gasteiger partial charge in [0.15, 0.2) is 5.84 Å². The van der Waals surface area contributed by atoms with Gasteiger partial charge in [-0.25, -0.2) is 9.97 Å². The first-order chi connectivity index (χ1) is 12.8. The summed E-state index contributed by atoms with van der Waals surface area (Å²) in [5.41, 5.74) is -0.442. The Labute approximate surface area is 153 Å². The van der Waals surface area contributed by atoms with Crippen molar-refractivity contribution in [2.24, 2.45) is 4.40 Å². The van der Waals surface area contributed by atoms with Crippen LogP contribution in [0.3, 0.4) is 0 Å². The van der Waals surface area contributed by atoms with Crippen molar-refractivity contribution in [1.82, 2.24) is 14.9 Å². The van der Waals surface area contributed by atoms with Crippen molar-refractivity contribution in [2.75, 3.05) is 31.1 Å². The fourth-order valence-corrected chi connectivity index (χ4v) is 4.37. The minimum Gasteiger partial charge on any atom is -0.353 e. The molecule has 0 N–H and O–H groups in total. The first kappa shape index (κ1) is 17.7. The van der Waals surface area contributed by atoms with Crippen LogP contribution in [0, 0.1) is 0 Å². The predicted molar refractivity (Wildman–Crippen MR) is 91.0 cm³/mol. The molecule has 4 rings (SSSR count). The summed E-state index contributed by atoms with van der Waals surface area (Å²) in [6.45, 7) is 1.59. The van der Waals surface area contributed by atoms with E-state index >= 15 is 0 Å². The summed E-state index contributed by atoms with van der Waals surface area (Å²) >= 11 is 0. The summed E-state index contributed by atoms with van der Waals surface area (Å²) in [5.74, 6) is 0.572. The van der Waals surface area contributed by atoms with Gasteiger partial charge < -0.3 is 9.80 Å². The third-order valence-electron chi connectivity index (χ3n) is 4.46. The Morgan fingerprint density at radius 1 is 0.963 bits per heavy atom. The van der Waals surface area contributed by atoms with Crippen LogP contribution in [0.15, 0.2) is 46.0 Å². The highest BCUT2D eigenvalue weighted by atomic mass is 32.2. The van der Waals surface area contributed by atoms with Gasteiger partial charge in [0.1, 0.15) is 22.7 Å². The number of aromatic nitrogens is 2. The predicted octanol–water partition coefficient (Wildman–Crippen LogP) is 1.77. The number of halogens is 3. The van der Waals surface area contributed by atoms with Crippen LogP contribution in [-0.2, 0) is 16.2 Å². The number of alkyl halides is 3. The molecule has 0 spiro atoms. The summed E-state index contributed by atoms with van der Waals surface area (Å²) in [6.07, 6.45) is -3.63. The lowest BCUT2D eigenvalue weighted by atomic mass is 10.1. The molecule has 27 heavy (non-hydrogen) atoms. The average molecular weight is 397 g/mol. The van der Waals surface area contributed by atoms with Crippen molar-refractivity contribution in [3.8, 4) is 0 Å². The Balaban J connectivity index is 1.52. The number of nitrogens with zero attached hydrogens (tertiary/aromatic N) is 5. The molecule has 0 aliphatic carbocycles. The van der Waals surface area contributed by atoms with Crippen LogP contribution in [-0.4, -0.2) is 55.3 Å². The lowest BCUT2D eigenvalue weighted by molar-refractivity contribution is -0.141. The molecule has 1 fully saturated rings. The van der Waals surface area contributed by atoms with Crippen LogP contribution in [0.2, 0.25) is 0 Å². The number of sulfonamides is 1. The molecule has 0 unspecified atom stereocenters. The average Bonchev–Trinajstić information content (AvgIpc) is 2.93. The monoisotopic (exact) mass is 397 g/mol. The van der Waals surface area contributed by atoms with E-state index in [1.54, 1.807) is 23.1 Å². The number of rotatable bonds is 1. The molecule has 2 aliphatic rings. The molecule has 0 saturated carbocycles. The number of anilines is 1. The molecule has 1 aromatic carbocycles. The molecule has 1 aromatic heterocycles. The van der Waals surface area contributed by atoms with E-state index < -0.39 is 21.9 Å². The second kappa shape index (κ2) is 6.19. The third-order valence-corrected chi connectivity index (χ3v) is 5.78. The van der Waals surface area contributed by atoms with Gasteiger partial charge in [0, 0.05) is 37.8 Å². The van der Waals surface area contributed by atoms with Gasteiger partial charge in [-0.3, -0.25) is 0 Å². The molecule has 142 valence electrons. The van der Waals surface area contributed by atoms with Gasteiger partial charge in [-0.15, -0.1) is 4.40 Å². The smallest absolute Gasteiger partial charge is 0.353 e. The Hall–Kier alpha value is -2.69. The van der Waals surface area contributed by atoms with E-state index in [4.69, 9.17) is 0 Å². The fraction of sp³-hybridized carbons (Fsp3) is 0.312. The lowest BCUT2D eigenvalue weighted by Gasteiger charge is -2.36. The summed E-state index contributed by atoms with van der Waals surface area (Å²) in [7, 11) is -3.70. The Bertz CT molecular complexity index is 1010. The van der Waals surface area contributed by atoms with Crippen molar-refractivity contribution < 1.29 is 21.6 Å². The zero-order chi connectivity index (χ0) is 19.2. The fourth-order valence-electron chi connectivity index (χ4n) is 3.14. The van der Waals surface area contributed by atoms with Gasteiger partial charge in [0.05, 0.1) is 0 Å². The highest BCUT2D eigenvalue weighted by Gasteiger charge is 2.35. The summed E-state index contributed by atoms with van der Waals surface area (Å²) < 4.78 is 66.7. The summed E-state index contributed by atoms with van der Waals surface area (Å²) in [5, 5.41) is 0. The zero-order valence-electron chi connectivity index (χ0n) is 13.9. The molecule has 7 nitrogen and oxygen atoms in total. The number of hydrogen-bond donors (Lipinski definition) is 0. The normalized spacial score (nSPS) is 19.0. The van der Waals surface area contributed by atoms with E-state index in [1.807, 2.05) is 4.90 Å². The zero-order valence-corrected chi connectivity index (χ0v) is 14.7. The van der Waals surface area contributed by atoms with Crippen LogP contribution >= 0.6 is 0 Å². The molecule has 0 bridgehead atoms. The third kappa shape index (κ3) is 3.22. The molecule has 0 radical (unpaired) electrons. The summed E-state index contributed by atoms with van der Waals surface area (Å²) in [4.78, 5) is 10.9. The first-order valence-electron chi connectivity index (χ1n) is 8.09. The molecule has 0 amide bonds. The van der Waals surface area contributed by atoms with Crippen LogP contribution in [0.4, 0.5) is 19.0 Å². The van der Waals surface area contributed by atoms with E-state index in [1.165, 1.54) is 6.07 Å². The SMILES string of the molecule is O=S1(=O)N=C(N2CCN(c3cc(C(F)(F)F)ncn3)CC2)c2ccccc21. The van der Waals surface area contributed by atoms with E-state index in [9.17, 15) is 21.6 Å². The van der Waals surface area contributed by atoms with Gasteiger partial charge in [-0.2, -0.15) is 21.6 Å². The molecule has 1 saturated heterocycles. The quantitative estimate of drug-likeness (QED) is 0.730. The number of hydrogen-bond acceptors (Lipinski definition) is 6. The van der Waals surface area contributed by atoms with Crippen molar-refractivity contribution >= 4 is 21.7 Å². The lowest BCUT2D eigenvalue weighted by Crippen LogP contribution is -2.49. The van der Waals surface area contributed by atoms with E-state index in [-0.39, 0.29) is 10.7 Å². The van der Waals surface area contributed by atoms with Gasteiger partial charge in [-0.05, 0) is 12.1 Å². The number of benzene rings is 1. The Morgan fingerprint density at radius 2 is 1.63 bits per heavy atom. The second-order valence-corrected chi connectivity index (χ2v) is 7.69. The van der Waals surface area contributed by atoms with Gasteiger partial charge in [0.25, 0.3) is 10.0 Å². The molecule has 2 aliphatic heterocycles. The standard InChI is InChI=1S/C16H14F3N5O2S/c17-16(18,19)13-9-14(21-10-20-13)23-5-7-24(8-6-23)15-11-3-1-2-4-12(11)27(25,26)22-15/h1-4,9-10H,5-8H2. The van der Waals surface area contributed by atoms with E-state index in [2.05, 4.69) is 14.4 Å². The topological polar surface area (TPSA) is 78.8 Å². The number of piperazine rings is 1. The second-order valence-electron chi connectivity index (χ2n) is 6.12. The van der Waals surface area contributed by atoms with Gasteiger partial charge in [0.2, 0.25) is 0 Å². The van der Waals surface area contributed by atoms with Crippen molar-refractivity contribution in [2.45, 2.75) is 11.1 Å². The van der Waals surface area contributed by atoms with Gasteiger partial charge in [-0.1, -0.05) is 12.1 Å². The summed E-state index contributed by atoms with van der Waals surface area (Å²) in [6, 6.07) is 7.51. The van der Waals surface area contributed by atoms with Crippen LogP contribution < -0.4 is 4.90 Å². The maximum Gasteiger partial charge on any atom is 0.433 e. The van der Waals surface area contributed by atoms with Gasteiger partial charge >= 0.3 is 6.18 Å². The molecule has 0 atom stereocenters. The van der Waals surface area contributed by atoms with Crippen LogP contribution in [0.25, 0.3) is 0 Å². The van der Waals surface area contributed by atoms with Crippen molar-refractivity contribution in [3.05, 3.63) is 47.9 Å². The maximum absolute atomic E-state index is 12.8. The highest BCUT2D eigenvalue weighted by molar-refractivity contribution is 7.90. The molecular weight excluding hydrogens is 383 g/mol.